The second-order valence-corrected chi connectivity index (χ2v) is 7.44. The van der Waals surface area contributed by atoms with Crippen molar-refractivity contribution in [2.24, 2.45) is 7.05 Å². The molecule has 1 heterocycles. The highest BCUT2D eigenvalue weighted by atomic mass is 32.1. The molecule has 0 aliphatic rings. The van der Waals surface area contributed by atoms with E-state index >= 15 is 0 Å². The van der Waals surface area contributed by atoms with Gasteiger partial charge in [0.05, 0.1) is 34.6 Å². The van der Waals surface area contributed by atoms with E-state index in [-0.39, 0.29) is 16.8 Å². The number of hydrogen-bond donors (Lipinski definition) is 0. The van der Waals surface area contributed by atoms with Gasteiger partial charge in [-0.2, -0.15) is 23.5 Å². The number of amides is 1. The summed E-state index contributed by atoms with van der Waals surface area (Å²) in [6.07, 6.45) is -2.70. The number of nitrogens with zero attached hydrogens (tertiary/aromatic N) is 5. The van der Waals surface area contributed by atoms with Crippen LogP contribution in [-0.2, 0) is 18.0 Å². The van der Waals surface area contributed by atoms with Crippen LogP contribution in [-0.4, -0.2) is 27.3 Å². The van der Waals surface area contributed by atoms with Gasteiger partial charge in [-0.3, -0.25) is 14.4 Å². The molecule has 1 aromatic heterocycles. The summed E-state index contributed by atoms with van der Waals surface area (Å²) < 4.78 is 41.8. The lowest BCUT2D eigenvalue weighted by Gasteiger charge is -2.33. The van der Waals surface area contributed by atoms with Crippen molar-refractivity contribution in [3.63, 3.8) is 0 Å². The number of halogens is 3. The molecule has 31 heavy (non-hydrogen) atoms. The number of benzene rings is 2. The Morgan fingerprint density at radius 3 is 2.48 bits per heavy atom. The van der Waals surface area contributed by atoms with Crippen LogP contribution < -0.4 is 9.80 Å². The van der Waals surface area contributed by atoms with Crippen LogP contribution in [0.4, 0.5) is 24.5 Å². The summed E-state index contributed by atoms with van der Waals surface area (Å²) >= 11 is 5.52. The molecule has 0 atom stereocenters. The maximum absolute atomic E-state index is 13.4. The molecule has 1 amide bonds. The minimum absolute atomic E-state index is 0.00562. The van der Waals surface area contributed by atoms with E-state index < -0.39 is 17.3 Å². The number of hydrogen-bond acceptors (Lipinski definition) is 4. The third kappa shape index (κ3) is 4.22. The van der Waals surface area contributed by atoms with Crippen LogP contribution in [0.15, 0.2) is 42.6 Å². The molecule has 3 rings (SSSR count). The van der Waals surface area contributed by atoms with Gasteiger partial charge in [-0.15, -0.1) is 0 Å². The summed E-state index contributed by atoms with van der Waals surface area (Å²) in [5.74, 6) is 0. The monoisotopic (exact) mass is 445 g/mol. The van der Waals surface area contributed by atoms with Crippen LogP contribution >= 0.6 is 12.2 Å². The Morgan fingerprint density at radius 2 is 1.90 bits per heavy atom. The smallest absolute Gasteiger partial charge is 0.316 e. The van der Waals surface area contributed by atoms with Crippen molar-refractivity contribution >= 4 is 46.0 Å². The number of aryl methyl sites for hydroxylation is 1. The topological polar surface area (TPSA) is 65.2 Å². The normalized spacial score (nSPS) is 11.4. The van der Waals surface area contributed by atoms with E-state index in [4.69, 9.17) is 17.5 Å². The first-order valence-corrected chi connectivity index (χ1v) is 9.60. The first-order valence-electron chi connectivity index (χ1n) is 9.19. The van der Waals surface area contributed by atoms with Gasteiger partial charge in [0.25, 0.3) is 0 Å². The van der Waals surface area contributed by atoms with Gasteiger partial charge in [0.15, 0.2) is 5.11 Å². The SMILES string of the molecule is CC(C)N(C(=S)N(C=O)c1ccc(C#N)c(C(F)(F)F)c1)c1ccc2c(cnn2C)c1. The highest BCUT2D eigenvalue weighted by Gasteiger charge is 2.35. The molecule has 0 aliphatic heterocycles. The zero-order chi connectivity index (χ0) is 22.9. The number of thiocarbonyl (C=S) groups is 1. The predicted molar refractivity (Wildman–Crippen MR) is 116 cm³/mol. The van der Waals surface area contributed by atoms with Crippen LogP contribution in [0, 0.1) is 11.3 Å². The first-order chi connectivity index (χ1) is 14.6. The van der Waals surface area contributed by atoms with Gasteiger partial charge in [-0.05, 0) is 62.5 Å². The quantitative estimate of drug-likeness (QED) is 0.433. The zero-order valence-electron chi connectivity index (χ0n) is 16.9. The number of alkyl halides is 3. The first kappa shape index (κ1) is 22.2. The van der Waals surface area contributed by atoms with Gasteiger partial charge in [-0.1, -0.05) is 0 Å². The molecule has 160 valence electrons. The van der Waals surface area contributed by atoms with Gasteiger partial charge >= 0.3 is 6.18 Å². The summed E-state index contributed by atoms with van der Waals surface area (Å²) in [5.41, 5.74) is -0.185. The molecule has 0 unspecified atom stereocenters. The lowest BCUT2D eigenvalue weighted by molar-refractivity contribution is -0.137. The molecule has 2 aromatic carbocycles. The highest BCUT2D eigenvalue weighted by molar-refractivity contribution is 7.80. The molecule has 10 heteroatoms. The second-order valence-electron chi connectivity index (χ2n) is 7.07. The maximum Gasteiger partial charge on any atom is 0.417 e. The van der Waals surface area contributed by atoms with Crippen molar-refractivity contribution in [2.45, 2.75) is 26.1 Å². The van der Waals surface area contributed by atoms with Crippen LogP contribution in [0.2, 0.25) is 0 Å². The Hall–Kier alpha value is -3.45. The number of fused-ring (bicyclic) bond motifs is 1. The standard InChI is InChI=1S/C21H18F3N5OS/c1-13(2)29(17-6-7-19-15(8-17)11-26-27(19)3)20(31)28(12-30)16-5-4-14(10-25)18(9-16)21(22,23)24/h4-9,11-13H,1-3H3. The zero-order valence-corrected chi connectivity index (χ0v) is 17.7. The largest absolute Gasteiger partial charge is 0.417 e. The van der Waals surface area contributed by atoms with Gasteiger partial charge < -0.3 is 4.90 Å². The fourth-order valence-electron chi connectivity index (χ4n) is 3.28. The lowest BCUT2D eigenvalue weighted by atomic mass is 10.1. The summed E-state index contributed by atoms with van der Waals surface area (Å²) in [7, 11) is 1.81. The predicted octanol–water partition coefficient (Wildman–Crippen LogP) is 4.63. The fraction of sp³-hybridized carbons (Fsp3) is 0.238. The molecule has 6 nitrogen and oxygen atoms in total. The van der Waals surface area contributed by atoms with Crippen molar-refractivity contribution in [1.29, 1.82) is 5.26 Å². The minimum Gasteiger partial charge on any atom is -0.316 e. The molecular weight excluding hydrogens is 427 g/mol. The summed E-state index contributed by atoms with van der Waals surface area (Å²) in [4.78, 5) is 14.5. The summed E-state index contributed by atoms with van der Waals surface area (Å²) in [6.45, 7) is 3.70. The highest BCUT2D eigenvalue weighted by Crippen LogP contribution is 2.35. The van der Waals surface area contributed by atoms with E-state index in [9.17, 15) is 18.0 Å². The minimum atomic E-state index is -4.75. The van der Waals surface area contributed by atoms with Gasteiger partial charge in [0, 0.05) is 24.2 Å². The molecule has 0 spiro atoms. The number of carbonyl (C=O) groups is 1. The van der Waals surface area contributed by atoms with Gasteiger partial charge in [-0.25, -0.2) is 0 Å². The van der Waals surface area contributed by atoms with Gasteiger partial charge in [0.2, 0.25) is 6.41 Å². The summed E-state index contributed by atoms with van der Waals surface area (Å²) in [6, 6.07) is 9.86. The molecule has 0 radical (unpaired) electrons. The average molecular weight is 445 g/mol. The molecular formula is C21H18F3N5OS. The number of aromatic nitrogens is 2. The Kier molecular flexibility index (Phi) is 5.99. The lowest BCUT2D eigenvalue weighted by Crippen LogP contribution is -2.46. The molecule has 0 bridgehead atoms. The van der Waals surface area contributed by atoms with Gasteiger partial charge in [0.1, 0.15) is 0 Å². The van der Waals surface area contributed by atoms with Crippen LogP contribution in [0.3, 0.4) is 0 Å². The third-order valence-electron chi connectivity index (χ3n) is 4.75. The van der Waals surface area contributed by atoms with Crippen molar-refractivity contribution in [2.75, 3.05) is 9.80 Å². The molecule has 3 aromatic rings. The molecule has 0 aliphatic carbocycles. The number of anilines is 2. The Balaban J connectivity index is 2.06. The van der Waals surface area contributed by atoms with E-state index in [1.807, 2.05) is 33.0 Å². The van der Waals surface area contributed by atoms with Crippen LogP contribution in [0.1, 0.15) is 25.0 Å². The number of carbonyl (C=O) groups excluding carboxylic acids is 1. The maximum atomic E-state index is 13.4. The Morgan fingerprint density at radius 1 is 1.23 bits per heavy atom. The average Bonchev–Trinajstić information content (AvgIpc) is 3.08. The second kappa shape index (κ2) is 8.35. The molecule has 0 N–H and O–H groups in total. The van der Waals surface area contributed by atoms with Crippen molar-refractivity contribution in [3.8, 4) is 6.07 Å². The summed E-state index contributed by atoms with van der Waals surface area (Å²) in [5, 5.41) is 14.1. The van der Waals surface area contributed by atoms with Crippen LogP contribution in [0.5, 0.6) is 0 Å². The third-order valence-corrected chi connectivity index (χ3v) is 5.14. The van der Waals surface area contributed by atoms with E-state index in [0.717, 1.165) is 27.9 Å². The number of nitriles is 1. The Bertz CT molecular complexity index is 1200. The van der Waals surface area contributed by atoms with E-state index in [1.54, 1.807) is 21.8 Å². The van der Waals surface area contributed by atoms with E-state index in [2.05, 4.69) is 5.10 Å². The number of rotatable bonds is 4. The van der Waals surface area contributed by atoms with Crippen molar-refractivity contribution in [1.82, 2.24) is 9.78 Å². The van der Waals surface area contributed by atoms with Crippen LogP contribution in [0.25, 0.3) is 10.9 Å². The molecule has 0 saturated carbocycles. The van der Waals surface area contributed by atoms with E-state index in [0.29, 0.717) is 12.1 Å². The van der Waals surface area contributed by atoms with E-state index in [1.165, 1.54) is 12.1 Å². The van der Waals surface area contributed by atoms with Crippen molar-refractivity contribution in [3.05, 3.63) is 53.7 Å². The Labute approximate surface area is 182 Å². The fourth-order valence-corrected chi connectivity index (χ4v) is 3.74. The van der Waals surface area contributed by atoms with Crippen molar-refractivity contribution < 1.29 is 18.0 Å². The molecule has 0 fully saturated rings. The molecule has 0 saturated heterocycles.